The van der Waals surface area contributed by atoms with Gasteiger partial charge < -0.3 is 20.1 Å². The third kappa shape index (κ3) is 5.70. The maximum atomic E-state index is 11.8. The van der Waals surface area contributed by atoms with Crippen molar-refractivity contribution < 1.29 is 14.3 Å². The van der Waals surface area contributed by atoms with Crippen LogP contribution in [-0.4, -0.2) is 36.5 Å². The molecule has 2 aromatic carbocycles. The number of amides is 2. The number of nitrogens with one attached hydrogen (secondary N) is 2. The third-order valence-electron chi connectivity index (χ3n) is 3.96. The second-order valence-electron chi connectivity index (χ2n) is 5.93. The number of benzene rings is 2. The topological polar surface area (TPSA) is 85.4 Å². The molecule has 2 N–H and O–H groups in total. The maximum absolute atomic E-state index is 11.8. The second kappa shape index (κ2) is 9.91. The van der Waals surface area contributed by atoms with Crippen molar-refractivity contribution in [2.24, 2.45) is 0 Å². The van der Waals surface area contributed by atoms with Crippen LogP contribution in [0.4, 0.5) is 4.79 Å². The Hall–Kier alpha value is -3.61. The molecule has 0 saturated heterocycles. The molecule has 0 aliphatic rings. The first-order valence-corrected chi connectivity index (χ1v) is 8.91. The average molecular weight is 378 g/mol. The molecule has 0 unspecified atom stereocenters. The average Bonchev–Trinajstić information content (AvgIpc) is 2.76. The summed E-state index contributed by atoms with van der Waals surface area (Å²) in [7, 11) is 1.63. The van der Waals surface area contributed by atoms with Gasteiger partial charge in [-0.15, -0.1) is 10.2 Å². The third-order valence-corrected chi connectivity index (χ3v) is 3.96. The summed E-state index contributed by atoms with van der Waals surface area (Å²) in [5.74, 6) is 1.20. The fourth-order valence-corrected chi connectivity index (χ4v) is 2.47. The van der Waals surface area contributed by atoms with E-state index in [1.54, 1.807) is 13.2 Å². The van der Waals surface area contributed by atoms with Gasteiger partial charge in [-0.05, 0) is 35.9 Å². The molecule has 0 aliphatic heterocycles. The van der Waals surface area contributed by atoms with Gasteiger partial charge in [-0.25, -0.2) is 4.79 Å². The molecule has 0 aliphatic carbocycles. The standard InChI is InChI=1S/C21H22N4O3/c1-27-18-9-7-17(8-10-18)19-11-12-20(25-24-19)28-14-13-22-21(26)23-15-16-5-3-2-4-6-16/h2-12H,13-15H2,1H3,(H2,22,23,26). The SMILES string of the molecule is COc1ccc(-c2ccc(OCCNC(=O)NCc3ccccc3)nn2)cc1. The largest absolute Gasteiger partial charge is 0.497 e. The van der Waals surface area contributed by atoms with Gasteiger partial charge in [0.05, 0.1) is 19.3 Å². The summed E-state index contributed by atoms with van der Waals surface area (Å²) in [4.78, 5) is 11.8. The number of hydrogen-bond acceptors (Lipinski definition) is 5. The van der Waals surface area contributed by atoms with Crippen molar-refractivity contribution >= 4 is 6.03 Å². The summed E-state index contributed by atoms with van der Waals surface area (Å²) in [6, 6.07) is 20.6. The Bertz CT molecular complexity index is 868. The number of aromatic nitrogens is 2. The van der Waals surface area contributed by atoms with Crippen molar-refractivity contribution in [3.05, 3.63) is 72.3 Å². The Balaban J connectivity index is 1.38. The number of nitrogens with zero attached hydrogens (tertiary/aromatic N) is 2. The van der Waals surface area contributed by atoms with Crippen LogP contribution < -0.4 is 20.1 Å². The minimum Gasteiger partial charge on any atom is -0.497 e. The molecule has 7 nitrogen and oxygen atoms in total. The van der Waals surface area contributed by atoms with E-state index in [9.17, 15) is 4.79 Å². The van der Waals surface area contributed by atoms with Crippen molar-refractivity contribution in [3.63, 3.8) is 0 Å². The number of ether oxygens (including phenoxy) is 2. The molecule has 28 heavy (non-hydrogen) atoms. The van der Waals surface area contributed by atoms with Gasteiger partial charge in [0.15, 0.2) is 0 Å². The molecule has 0 atom stereocenters. The van der Waals surface area contributed by atoms with Crippen LogP contribution in [0.15, 0.2) is 66.7 Å². The number of urea groups is 1. The van der Waals surface area contributed by atoms with Crippen molar-refractivity contribution in [1.29, 1.82) is 0 Å². The van der Waals surface area contributed by atoms with Crippen LogP contribution in [0.1, 0.15) is 5.56 Å². The summed E-state index contributed by atoms with van der Waals surface area (Å²) in [5.41, 5.74) is 2.73. The van der Waals surface area contributed by atoms with E-state index < -0.39 is 0 Å². The van der Waals surface area contributed by atoms with E-state index in [1.165, 1.54) is 0 Å². The van der Waals surface area contributed by atoms with E-state index >= 15 is 0 Å². The highest BCUT2D eigenvalue weighted by atomic mass is 16.5. The molecule has 1 aromatic heterocycles. The smallest absolute Gasteiger partial charge is 0.315 e. The lowest BCUT2D eigenvalue weighted by Crippen LogP contribution is -2.37. The zero-order valence-electron chi connectivity index (χ0n) is 15.6. The number of rotatable bonds is 8. The molecule has 0 spiro atoms. The summed E-state index contributed by atoms with van der Waals surface area (Å²) in [6.07, 6.45) is 0. The van der Waals surface area contributed by atoms with Crippen molar-refractivity contribution in [1.82, 2.24) is 20.8 Å². The molecule has 0 fully saturated rings. The van der Waals surface area contributed by atoms with Crippen LogP contribution in [0.2, 0.25) is 0 Å². The first-order valence-electron chi connectivity index (χ1n) is 8.91. The molecule has 3 aromatic rings. The normalized spacial score (nSPS) is 10.2. The second-order valence-corrected chi connectivity index (χ2v) is 5.93. The van der Waals surface area contributed by atoms with Crippen LogP contribution in [0.25, 0.3) is 11.3 Å². The van der Waals surface area contributed by atoms with Crippen molar-refractivity contribution in [2.45, 2.75) is 6.54 Å². The van der Waals surface area contributed by atoms with Crippen LogP contribution in [-0.2, 0) is 6.54 Å². The highest BCUT2D eigenvalue weighted by Crippen LogP contribution is 2.20. The fourth-order valence-electron chi connectivity index (χ4n) is 2.47. The Morgan fingerprint density at radius 1 is 0.929 bits per heavy atom. The molecule has 0 bridgehead atoms. The van der Waals surface area contributed by atoms with Crippen LogP contribution in [0, 0.1) is 0 Å². The molecule has 144 valence electrons. The van der Waals surface area contributed by atoms with E-state index in [1.807, 2.05) is 60.7 Å². The van der Waals surface area contributed by atoms with Gasteiger partial charge in [-0.3, -0.25) is 0 Å². The minimum atomic E-state index is -0.242. The van der Waals surface area contributed by atoms with Crippen molar-refractivity contribution in [3.8, 4) is 22.9 Å². The first kappa shape index (κ1) is 19.2. The van der Waals surface area contributed by atoms with Gasteiger partial charge in [0.1, 0.15) is 12.4 Å². The monoisotopic (exact) mass is 378 g/mol. The summed E-state index contributed by atoms with van der Waals surface area (Å²) >= 11 is 0. The molecule has 2 amide bonds. The van der Waals surface area contributed by atoms with Gasteiger partial charge in [0.25, 0.3) is 0 Å². The zero-order valence-corrected chi connectivity index (χ0v) is 15.6. The number of carbonyl (C=O) groups excluding carboxylic acids is 1. The first-order chi connectivity index (χ1) is 13.7. The van der Waals surface area contributed by atoms with Crippen LogP contribution in [0.5, 0.6) is 11.6 Å². The minimum absolute atomic E-state index is 0.242. The molecule has 1 heterocycles. The number of methoxy groups -OCH3 is 1. The van der Waals surface area contributed by atoms with Gasteiger partial charge in [0.2, 0.25) is 5.88 Å². The zero-order chi connectivity index (χ0) is 19.6. The molecule has 7 heteroatoms. The fraction of sp³-hybridized carbons (Fsp3) is 0.190. The van der Waals surface area contributed by atoms with E-state index in [0.717, 1.165) is 22.6 Å². The quantitative estimate of drug-likeness (QED) is 0.589. The number of hydrogen-bond donors (Lipinski definition) is 2. The van der Waals surface area contributed by atoms with Gasteiger partial charge >= 0.3 is 6.03 Å². The predicted octanol–water partition coefficient (Wildman–Crippen LogP) is 3.03. The molecule has 0 radical (unpaired) electrons. The lowest BCUT2D eigenvalue weighted by molar-refractivity contribution is 0.235. The Labute approximate surface area is 163 Å². The number of carbonyl (C=O) groups is 1. The maximum Gasteiger partial charge on any atom is 0.315 e. The molecule has 3 rings (SSSR count). The van der Waals surface area contributed by atoms with Crippen LogP contribution >= 0.6 is 0 Å². The van der Waals surface area contributed by atoms with E-state index in [0.29, 0.717) is 25.6 Å². The van der Waals surface area contributed by atoms with E-state index in [2.05, 4.69) is 20.8 Å². The predicted molar refractivity (Wildman–Crippen MR) is 106 cm³/mol. The van der Waals surface area contributed by atoms with Crippen molar-refractivity contribution in [2.75, 3.05) is 20.3 Å². The highest BCUT2D eigenvalue weighted by Gasteiger charge is 2.04. The van der Waals surface area contributed by atoms with Gasteiger partial charge in [-0.1, -0.05) is 30.3 Å². The summed E-state index contributed by atoms with van der Waals surface area (Å²) in [6.45, 7) is 1.14. The summed E-state index contributed by atoms with van der Waals surface area (Å²) in [5, 5.41) is 13.7. The van der Waals surface area contributed by atoms with Gasteiger partial charge in [0, 0.05) is 18.2 Å². The molecule has 0 saturated carbocycles. The lowest BCUT2D eigenvalue weighted by atomic mass is 10.1. The molecular weight excluding hydrogens is 356 g/mol. The molecular formula is C21H22N4O3. The Kier molecular flexibility index (Phi) is 6.78. The van der Waals surface area contributed by atoms with Gasteiger partial charge in [-0.2, -0.15) is 0 Å². The van der Waals surface area contributed by atoms with E-state index in [-0.39, 0.29) is 6.03 Å². The highest BCUT2D eigenvalue weighted by molar-refractivity contribution is 5.73. The Morgan fingerprint density at radius 2 is 1.71 bits per heavy atom. The lowest BCUT2D eigenvalue weighted by Gasteiger charge is -2.09. The van der Waals surface area contributed by atoms with E-state index in [4.69, 9.17) is 9.47 Å². The summed E-state index contributed by atoms with van der Waals surface area (Å²) < 4.78 is 10.7. The van der Waals surface area contributed by atoms with Crippen LogP contribution in [0.3, 0.4) is 0 Å². The Morgan fingerprint density at radius 3 is 2.39 bits per heavy atom.